The molecule has 0 fully saturated rings. The summed E-state index contributed by atoms with van der Waals surface area (Å²) in [6.07, 6.45) is 7.82. The van der Waals surface area contributed by atoms with Crippen molar-refractivity contribution in [3.05, 3.63) is 70.8 Å². The number of carboxylic acid groups (broad SMARTS) is 1. The number of aromatic carboxylic acids is 1. The molecule has 0 saturated carbocycles. The van der Waals surface area contributed by atoms with Gasteiger partial charge >= 0.3 is 5.97 Å². The van der Waals surface area contributed by atoms with Gasteiger partial charge in [0.15, 0.2) is 0 Å². The molecule has 0 spiro atoms. The number of aryl methyl sites for hydroxylation is 1. The second-order valence-electron chi connectivity index (χ2n) is 7.89. The first-order chi connectivity index (χ1) is 14.3. The topological polar surface area (TPSA) is 46.5 Å². The average molecular weight is 407 g/mol. The third-order valence-corrected chi connectivity index (χ3v) is 5.76. The number of ether oxygens (including phenoxy) is 1. The molecule has 2 aromatic rings. The van der Waals surface area contributed by atoms with Crippen molar-refractivity contribution in [2.75, 3.05) is 7.11 Å². The maximum absolute atomic E-state index is 11.3. The number of methoxy groups -OCH3 is 1. The van der Waals surface area contributed by atoms with Crippen LogP contribution >= 0.6 is 0 Å². The van der Waals surface area contributed by atoms with E-state index < -0.39 is 5.97 Å². The SMILES string of the molecule is CC=CC(=C(C)C(C)CCCC)c1cc(-c2ccc(C(=O)O)cc2C)ccc1OC. The Labute approximate surface area is 181 Å². The Morgan fingerprint density at radius 1 is 1.20 bits per heavy atom. The van der Waals surface area contributed by atoms with Crippen LogP contribution in [0.1, 0.15) is 68.4 Å². The summed E-state index contributed by atoms with van der Waals surface area (Å²) < 4.78 is 5.71. The molecule has 2 rings (SSSR count). The summed E-state index contributed by atoms with van der Waals surface area (Å²) in [7, 11) is 1.70. The van der Waals surface area contributed by atoms with E-state index in [0.717, 1.165) is 28.0 Å². The van der Waals surface area contributed by atoms with Crippen molar-refractivity contribution < 1.29 is 14.6 Å². The third kappa shape index (κ3) is 5.41. The van der Waals surface area contributed by atoms with Crippen molar-refractivity contribution in [3.63, 3.8) is 0 Å². The van der Waals surface area contributed by atoms with E-state index in [-0.39, 0.29) is 0 Å². The summed E-state index contributed by atoms with van der Waals surface area (Å²) in [6.45, 7) is 10.7. The van der Waals surface area contributed by atoms with Gasteiger partial charge in [-0.3, -0.25) is 0 Å². The standard InChI is InChI=1S/C27H34O3/c1-7-9-11-18(3)20(5)24(10-8-2)25-17-21(13-15-26(25)30-6)23-14-12-22(27(28)29)16-19(23)4/h8,10,12-18H,7,9,11H2,1-6H3,(H,28,29). The number of allylic oxidation sites excluding steroid dienone is 4. The molecular weight excluding hydrogens is 372 g/mol. The minimum Gasteiger partial charge on any atom is -0.496 e. The molecule has 1 atom stereocenters. The van der Waals surface area contributed by atoms with E-state index in [1.165, 1.54) is 30.4 Å². The first-order valence-electron chi connectivity index (χ1n) is 10.7. The van der Waals surface area contributed by atoms with E-state index in [1.54, 1.807) is 19.2 Å². The summed E-state index contributed by atoms with van der Waals surface area (Å²) in [6, 6.07) is 11.5. The Balaban J connectivity index is 2.62. The Bertz CT molecular complexity index is 951. The Morgan fingerprint density at radius 2 is 1.93 bits per heavy atom. The summed E-state index contributed by atoms with van der Waals surface area (Å²) >= 11 is 0. The molecule has 0 heterocycles. The lowest BCUT2D eigenvalue weighted by atomic mass is 9.87. The smallest absolute Gasteiger partial charge is 0.335 e. The molecule has 1 N–H and O–H groups in total. The molecule has 0 aromatic heterocycles. The first-order valence-corrected chi connectivity index (χ1v) is 10.7. The fraction of sp³-hybridized carbons (Fsp3) is 0.370. The van der Waals surface area contributed by atoms with E-state index >= 15 is 0 Å². The van der Waals surface area contributed by atoms with Crippen molar-refractivity contribution in [1.82, 2.24) is 0 Å². The highest BCUT2D eigenvalue weighted by atomic mass is 16.5. The Kier molecular flexibility index (Phi) is 8.46. The van der Waals surface area contributed by atoms with Gasteiger partial charge in [-0.1, -0.05) is 56.5 Å². The average Bonchev–Trinajstić information content (AvgIpc) is 2.74. The minimum atomic E-state index is -0.907. The molecule has 1 unspecified atom stereocenters. The van der Waals surface area contributed by atoms with Gasteiger partial charge in [-0.05, 0) is 79.6 Å². The van der Waals surface area contributed by atoms with Crippen molar-refractivity contribution in [3.8, 4) is 16.9 Å². The zero-order valence-electron chi connectivity index (χ0n) is 19.1. The van der Waals surface area contributed by atoms with E-state index in [9.17, 15) is 9.90 Å². The number of unbranched alkanes of at least 4 members (excludes halogenated alkanes) is 1. The predicted molar refractivity (Wildman–Crippen MR) is 126 cm³/mol. The monoisotopic (exact) mass is 406 g/mol. The highest BCUT2D eigenvalue weighted by Crippen LogP contribution is 2.37. The summed E-state index contributed by atoms with van der Waals surface area (Å²) in [5, 5.41) is 9.26. The Morgan fingerprint density at radius 3 is 2.50 bits per heavy atom. The van der Waals surface area contributed by atoms with Gasteiger partial charge in [0.05, 0.1) is 12.7 Å². The van der Waals surface area contributed by atoms with Crippen molar-refractivity contribution >= 4 is 11.5 Å². The first kappa shape index (κ1) is 23.5. The van der Waals surface area contributed by atoms with Gasteiger partial charge in [0.2, 0.25) is 0 Å². The molecule has 160 valence electrons. The van der Waals surface area contributed by atoms with E-state index in [4.69, 9.17) is 4.74 Å². The lowest BCUT2D eigenvalue weighted by Crippen LogP contribution is -2.02. The predicted octanol–water partition coefficient (Wildman–Crippen LogP) is 7.54. The number of hydrogen-bond acceptors (Lipinski definition) is 2. The molecule has 0 aliphatic rings. The van der Waals surface area contributed by atoms with Crippen LogP contribution in [-0.4, -0.2) is 18.2 Å². The van der Waals surface area contributed by atoms with Gasteiger partial charge in [0.1, 0.15) is 5.75 Å². The molecule has 0 bridgehead atoms. The Hall–Kier alpha value is -2.81. The number of hydrogen-bond donors (Lipinski definition) is 1. The van der Waals surface area contributed by atoms with Crippen LogP contribution in [0.15, 0.2) is 54.1 Å². The fourth-order valence-corrected chi connectivity index (χ4v) is 3.80. The van der Waals surface area contributed by atoms with Gasteiger partial charge in [-0.25, -0.2) is 4.79 Å². The highest BCUT2D eigenvalue weighted by Gasteiger charge is 2.16. The molecule has 0 saturated heterocycles. The van der Waals surface area contributed by atoms with Gasteiger partial charge < -0.3 is 9.84 Å². The lowest BCUT2D eigenvalue weighted by Gasteiger charge is -2.19. The van der Waals surface area contributed by atoms with Crippen LogP contribution in [0.25, 0.3) is 16.7 Å². The molecule has 0 aliphatic carbocycles. The number of carbonyl (C=O) groups is 1. The molecule has 2 aromatic carbocycles. The maximum atomic E-state index is 11.3. The second kappa shape index (κ2) is 10.8. The zero-order valence-corrected chi connectivity index (χ0v) is 19.1. The lowest BCUT2D eigenvalue weighted by molar-refractivity contribution is 0.0697. The molecule has 0 aliphatic heterocycles. The van der Waals surface area contributed by atoms with Crippen LogP contribution in [0, 0.1) is 12.8 Å². The number of carboxylic acids is 1. The molecular formula is C27H34O3. The molecule has 0 amide bonds. The van der Waals surface area contributed by atoms with E-state index in [2.05, 4.69) is 39.0 Å². The van der Waals surface area contributed by atoms with Crippen molar-refractivity contribution in [2.45, 2.75) is 53.9 Å². The largest absolute Gasteiger partial charge is 0.496 e. The molecule has 3 nitrogen and oxygen atoms in total. The summed E-state index contributed by atoms with van der Waals surface area (Å²) in [5.41, 5.74) is 6.94. The second-order valence-corrected chi connectivity index (χ2v) is 7.89. The summed E-state index contributed by atoms with van der Waals surface area (Å²) in [4.78, 5) is 11.3. The molecule has 0 radical (unpaired) electrons. The van der Waals surface area contributed by atoms with Crippen LogP contribution < -0.4 is 4.74 Å². The quantitative estimate of drug-likeness (QED) is 0.437. The van der Waals surface area contributed by atoms with Crippen LogP contribution in [0.3, 0.4) is 0 Å². The zero-order chi connectivity index (χ0) is 22.3. The van der Waals surface area contributed by atoms with Crippen LogP contribution in [0.4, 0.5) is 0 Å². The van der Waals surface area contributed by atoms with Crippen LogP contribution in [0.5, 0.6) is 5.75 Å². The normalized spacial score (nSPS) is 13.3. The fourth-order valence-electron chi connectivity index (χ4n) is 3.80. The third-order valence-electron chi connectivity index (χ3n) is 5.76. The number of benzene rings is 2. The maximum Gasteiger partial charge on any atom is 0.335 e. The van der Waals surface area contributed by atoms with Gasteiger partial charge in [0, 0.05) is 5.56 Å². The van der Waals surface area contributed by atoms with Crippen LogP contribution in [-0.2, 0) is 0 Å². The van der Waals surface area contributed by atoms with E-state index in [1.807, 2.05) is 32.0 Å². The summed E-state index contributed by atoms with van der Waals surface area (Å²) in [5.74, 6) is 0.421. The van der Waals surface area contributed by atoms with Gasteiger partial charge in [0.25, 0.3) is 0 Å². The van der Waals surface area contributed by atoms with Crippen LogP contribution in [0.2, 0.25) is 0 Å². The van der Waals surface area contributed by atoms with Gasteiger partial charge in [-0.2, -0.15) is 0 Å². The highest BCUT2D eigenvalue weighted by molar-refractivity contribution is 5.89. The van der Waals surface area contributed by atoms with Crippen molar-refractivity contribution in [1.29, 1.82) is 0 Å². The number of rotatable bonds is 9. The molecule has 3 heteroatoms. The van der Waals surface area contributed by atoms with Crippen molar-refractivity contribution in [2.24, 2.45) is 5.92 Å². The van der Waals surface area contributed by atoms with E-state index in [0.29, 0.717) is 11.5 Å². The molecule has 30 heavy (non-hydrogen) atoms. The van der Waals surface area contributed by atoms with Gasteiger partial charge in [-0.15, -0.1) is 0 Å². The minimum absolute atomic E-state index is 0.306.